The van der Waals surface area contributed by atoms with Crippen LogP contribution in [-0.2, 0) is 0 Å². The zero-order valence-corrected chi connectivity index (χ0v) is 12.1. The molecule has 0 aromatic heterocycles. The fourth-order valence-electron chi connectivity index (χ4n) is 2.13. The molecule has 1 unspecified atom stereocenters. The monoisotopic (exact) mass is 279 g/mol. The number of hydrogen-bond acceptors (Lipinski definition) is 3. The maximum Gasteiger partial charge on any atom is 0.335 e. The summed E-state index contributed by atoms with van der Waals surface area (Å²) in [7, 11) is 0. The molecule has 0 spiro atoms. The van der Waals surface area contributed by atoms with Crippen LogP contribution in [0.5, 0.6) is 0 Å². The van der Waals surface area contributed by atoms with Crippen LogP contribution in [0.15, 0.2) is 18.2 Å². The molecule has 0 aliphatic carbocycles. The van der Waals surface area contributed by atoms with Gasteiger partial charge in [0.15, 0.2) is 0 Å². The van der Waals surface area contributed by atoms with Crippen molar-refractivity contribution in [3.05, 3.63) is 34.9 Å². The molecule has 1 aromatic carbocycles. The van der Waals surface area contributed by atoms with E-state index >= 15 is 0 Å². The van der Waals surface area contributed by atoms with Crippen LogP contribution in [0.4, 0.5) is 0 Å². The minimum absolute atomic E-state index is 0.140. The highest BCUT2D eigenvalue weighted by molar-refractivity contribution is 5.97. The van der Waals surface area contributed by atoms with Crippen molar-refractivity contribution in [1.29, 1.82) is 0 Å². The summed E-state index contributed by atoms with van der Waals surface area (Å²) in [6.07, 6.45) is 1.51. The Hall–Kier alpha value is -1.88. The lowest BCUT2D eigenvalue weighted by Gasteiger charge is -2.28. The van der Waals surface area contributed by atoms with Crippen molar-refractivity contribution >= 4 is 11.9 Å². The number of nitrogens with one attached hydrogen (secondary N) is 1. The largest absolute Gasteiger partial charge is 0.478 e. The predicted molar refractivity (Wildman–Crippen MR) is 76.0 cm³/mol. The van der Waals surface area contributed by atoms with Gasteiger partial charge in [0.05, 0.1) is 17.7 Å². The molecule has 1 amide bonds. The fraction of sp³-hybridized carbons (Fsp3) is 0.467. The van der Waals surface area contributed by atoms with Gasteiger partial charge in [-0.3, -0.25) is 4.79 Å². The zero-order valence-electron chi connectivity index (χ0n) is 12.1. The van der Waals surface area contributed by atoms with Crippen LogP contribution in [0.2, 0.25) is 0 Å². The summed E-state index contributed by atoms with van der Waals surface area (Å²) in [6, 6.07) is 4.37. The Labute approximate surface area is 118 Å². The number of hydrogen-bond donors (Lipinski definition) is 3. The predicted octanol–water partition coefficient (Wildman–Crippen LogP) is 1.97. The van der Waals surface area contributed by atoms with E-state index in [9.17, 15) is 14.7 Å². The quantitative estimate of drug-likeness (QED) is 0.743. The summed E-state index contributed by atoms with van der Waals surface area (Å²) in [5, 5.41) is 21.1. The van der Waals surface area contributed by atoms with E-state index in [1.54, 1.807) is 13.8 Å². The molecule has 5 heteroatoms. The average Bonchev–Trinajstić information content (AvgIpc) is 2.38. The number of benzene rings is 1. The Morgan fingerprint density at radius 2 is 2.00 bits per heavy atom. The van der Waals surface area contributed by atoms with Gasteiger partial charge in [-0.05, 0) is 44.0 Å². The van der Waals surface area contributed by atoms with Crippen LogP contribution in [0.1, 0.15) is 53.0 Å². The summed E-state index contributed by atoms with van der Waals surface area (Å²) in [5.41, 5.74) is 0.506. The summed E-state index contributed by atoms with van der Waals surface area (Å²) in [6.45, 7) is 5.32. The SMILES string of the molecule is CCCC(C)(CO)NC(=O)c1ccc(C(=O)O)cc1C. The number of aryl methyl sites for hydroxylation is 1. The Bertz CT molecular complexity index is 513. The molecule has 0 saturated heterocycles. The summed E-state index contributed by atoms with van der Waals surface area (Å²) in [4.78, 5) is 23.1. The van der Waals surface area contributed by atoms with Gasteiger partial charge in [0, 0.05) is 5.56 Å². The molecule has 0 aliphatic rings. The lowest BCUT2D eigenvalue weighted by atomic mass is 9.96. The minimum atomic E-state index is -1.02. The maximum atomic E-state index is 12.2. The smallest absolute Gasteiger partial charge is 0.335 e. The first kappa shape index (κ1) is 16.2. The molecular weight excluding hydrogens is 258 g/mol. The molecule has 0 heterocycles. The lowest BCUT2D eigenvalue weighted by Crippen LogP contribution is -2.49. The summed E-state index contributed by atoms with van der Waals surface area (Å²) < 4.78 is 0. The first-order chi connectivity index (χ1) is 9.33. The third-order valence-electron chi connectivity index (χ3n) is 3.28. The van der Waals surface area contributed by atoms with E-state index in [4.69, 9.17) is 5.11 Å². The van der Waals surface area contributed by atoms with Gasteiger partial charge in [0.2, 0.25) is 0 Å². The van der Waals surface area contributed by atoms with E-state index < -0.39 is 11.5 Å². The first-order valence-electron chi connectivity index (χ1n) is 6.60. The molecule has 0 radical (unpaired) electrons. The number of carbonyl (C=O) groups excluding carboxylic acids is 1. The molecule has 110 valence electrons. The highest BCUT2D eigenvalue weighted by Crippen LogP contribution is 2.16. The molecule has 1 atom stereocenters. The van der Waals surface area contributed by atoms with E-state index in [2.05, 4.69) is 5.32 Å². The third kappa shape index (κ3) is 3.81. The Morgan fingerprint density at radius 1 is 1.35 bits per heavy atom. The number of rotatable bonds is 6. The number of carbonyl (C=O) groups is 2. The molecular formula is C15H21NO4. The Balaban J connectivity index is 2.95. The molecule has 0 bridgehead atoms. The standard InChI is InChI=1S/C15H21NO4/c1-4-7-15(3,9-17)16-13(18)12-6-5-11(14(19)20)8-10(12)2/h5-6,8,17H,4,7,9H2,1-3H3,(H,16,18)(H,19,20). The second-order valence-corrected chi connectivity index (χ2v) is 5.26. The van der Waals surface area contributed by atoms with Crippen LogP contribution in [0.25, 0.3) is 0 Å². The molecule has 0 fully saturated rings. The van der Waals surface area contributed by atoms with Crippen LogP contribution >= 0.6 is 0 Å². The van der Waals surface area contributed by atoms with Crippen molar-refractivity contribution in [3.63, 3.8) is 0 Å². The lowest BCUT2D eigenvalue weighted by molar-refractivity contribution is 0.0695. The van der Waals surface area contributed by atoms with E-state index in [0.717, 1.165) is 6.42 Å². The highest BCUT2D eigenvalue weighted by atomic mass is 16.4. The van der Waals surface area contributed by atoms with Crippen LogP contribution in [-0.4, -0.2) is 34.2 Å². The second kappa shape index (κ2) is 6.52. The Kier molecular flexibility index (Phi) is 5.27. The van der Waals surface area contributed by atoms with Crippen molar-refractivity contribution in [2.24, 2.45) is 0 Å². The van der Waals surface area contributed by atoms with E-state index in [1.807, 2.05) is 6.92 Å². The van der Waals surface area contributed by atoms with Crippen LogP contribution < -0.4 is 5.32 Å². The van der Waals surface area contributed by atoms with Gasteiger partial charge in [-0.1, -0.05) is 13.3 Å². The van der Waals surface area contributed by atoms with Gasteiger partial charge in [-0.2, -0.15) is 0 Å². The molecule has 3 N–H and O–H groups in total. The number of aliphatic hydroxyl groups excluding tert-OH is 1. The maximum absolute atomic E-state index is 12.2. The molecule has 1 rings (SSSR count). The van der Waals surface area contributed by atoms with Crippen molar-refractivity contribution in [1.82, 2.24) is 5.32 Å². The Morgan fingerprint density at radius 3 is 2.45 bits per heavy atom. The summed E-state index contributed by atoms with van der Waals surface area (Å²) in [5.74, 6) is -1.32. The third-order valence-corrected chi connectivity index (χ3v) is 3.28. The van der Waals surface area contributed by atoms with Crippen LogP contribution in [0.3, 0.4) is 0 Å². The number of carboxylic acids is 1. The molecule has 0 saturated carbocycles. The number of aromatic carboxylic acids is 1. The molecule has 5 nitrogen and oxygen atoms in total. The summed E-state index contributed by atoms with van der Waals surface area (Å²) >= 11 is 0. The topological polar surface area (TPSA) is 86.6 Å². The van der Waals surface area contributed by atoms with Gasteiger partial charge in [0.25, 0.3) is 5.91 Å². The van der Waals surface area contributed by atoms with Gasteiger partial charge in [-0.15, -0.1) is 0 Å². The second-order valence-electron chi connectivity index (χ2n) is 5.26. The van der Waals surface area contributed by atoms with Crippen molar-refractivity contribution in [3.8, 4) is 0 Å². The minimum Gasteiger partial charge on any atom is -0.478 e. The number of carboxylic acid groups (broad SMARTS) is 1. The fourth-order valence-corrected chi connectivity index (χ4v) is 2.13. The molecule has 20 heavy (non-hydrogen) atoms. The van der Waals surface area contributed by atoms with Crippen LogP contribution in [0, 0.1) is 6.92 Å². The van der Waals surface area contributed by atoms with E-state index in [1.165, 1.54) is 18.2 Å². The average molecular weight is 279 g/mol. The molecule has 1 aromatic rings. The molecule has 0 aliphatic heterocycles. The van der Waals surface area contributed by atoms with Gasteiger partial charge >= 0.3 is 5.97 Å². The van der Waals surface area contributed by atoms with Crippen molar-refractivity contribution < 1.29 is 19.8 Å². The number of aliphatic hydroxyl groups is 1. The normalized spacial score (nSPS) is 13.6. The highest BCUT2D eigenvalue weighted by Gasteiger charge is 2.25. The van der Waals surface area contributed by atoms with Crippen molar-refractivity contribution in [2.75, 3.05) is 6.61 Å². The van der Waals surface area contributed by atoms with Gasteiger partial charge in [0.1, 0.15) is 0 Å². The van der Waals surface area contributed by atoms with E-state index in [0.29, 0.717) is 17.5 Å². The van der Waals surface area contributed by atoms with Gasteiger partial charge < -0.3 is 15.5 Å². The zero-order chi connectivity index (χ0) is 15.3. The van der Waals surface area contributed by atoms with Gasteiger partial charge in [-0.25, -0.2) is 4.79 Å². The number of amides is 1. The van der Waals surface area contributed by atoms with E-state index in [-0.39, 0.29) is 18.1 Å². The first-order valence-corrected chi connectivity index (χ1v) is 6.60. The van der Waals surface area contributed by atoms with Crippen molar-refractivity contribution in [2.45, 2.75) is 39.2 Å².